The molecule has 0 radical (unpaired) electrons. The highest BCUT2D eigenvalue weighted by molar-refractivity contribution is 7.80. The van der Waals surface area contributed by atoms with Crippen molar-refractivity contribution in [3.8, 4) is 0 Å². The van der Waals surface area contributed by atoms with Gasteiger partial charge in [-0.05, 0) is 42.7 Å². The van der Waals surface area contributed by atoms with Crippen LogP contribution in [0.4, 0.5) is 0 Å². The highest BCUT2D eigenvalue weighted by Crippen LogP contribution is 2.23. The molecule has 4 heteroatoms. The standard InChI is InChI=1S/C19H21N3S/c1-13-10-16-17(11-14(13)2)22(9-8-18(20)23)19(21-16)12-15-6-4-3-5-7-15/h3-7,10-11H,8-9,12H2,1-2H3,(H2,20,23). The lowest BCUT2D eigenvalue weighted by Crippen LogP contribution is -2.13. The maximum Gasteiger partial charge on any atom is 0.114 e. The van der Waals surface area contributed by atoms with Gasteiger partial charge in [-0.3, -0.25) is 0 Å². The molecule has 0 amide bonds. The zero-order chi connectivity index (χ0) is 16.4. The molecule has 0 spiro atoms. The van der Waals surface area contributed by atoms with Crippen LogP contribution in [0.3, 0.4) is 0 Å². The fourth-order valence-electron chi connectivity index (χ4n) is 2.81. The van der Waals surface area contributed by atoms with Crippen molar-refractivity contribution in [3.63, 3.8) is 0 Å². The molecular formula is C19H21N3S. The molecule has 0 saturated carbocycles. The van der Waals surface area contributed by atoms with Crippen LogP contribution in [0.25, 0.3) is 11.0 Å². The van der Waals surface area contributed by atoms with E-state index in [1.807, 2.05) is 6.07 Å². The molecule has 0 fully saturated rings. The number of rotatable bonds is 5. The third-order valence-electron chi connectivity index (χ3n) is 4.23. The number of nitrogens with two attached hydrogens (primary N) is 1. The third-order valence-corrected chi connectivity index (χ3v) is 4.43. The van der Waals surface area contributed by atoms with E-state index < -0.39 is 0 Å². The van der Waals surface area contributed by atoms with Crippen molar-refractivity contribution in [2.75, 3.05) is 0 Å². The van der Waals surface area contributed by atoms with Crippen LogP contribution >= 0.6 is 12.2 Å². The summed E-state index contributed by atoms with van der Waals surface area (Å²) in [5, 5.41) is 0. The normalized spacial score (nSPS) is 11.0. The topological polar surface area (TPSA) is 43.8 Å². The van der Waals surface area contributed by atoms with Crippen molar-refractivity contribution >= 4 is 28.2 Å². The molecule has 1 heterocycles. The molecule has 1 aromatic heterocycles. The second-order valence-corrected chi connectivity index (χ2v) is 6.51. The summed E-state index contributed by atoms with van der Waals surface area (Å²) in [5.74, 6) is 1.06. The summed E-state index contributed by atoms with van der Waals surface area (Å²) in [4.78, 5) is 5.41. The fraction of sp³-hybridized carbons (Fsp3) is 0.263. The van der Waals surface area contributed by atoms with E-state index in [-0.39, 0.29) is 0 Å². The second kappa shape index (κ2) is 6.50. The first kappa shape index (κ1) is 15.7. The number of nitrogens with zero attached hydrogens (tertiary/aromatic N) is 2. The minimum absolute atomic E-state index is 0.543. The van der Waals surface area contributed by atoms with Gasteiger partial charge in [-0.2, -0.15) is 0 Å². The largest absolute Gasteiger partial charge is 0.393 e. The van der Waals surface area contributed by atoms with Crippen molar-refractivity contribution in [1.82, 2.24) is 9.55 Å². The van der Waals surface area contributed by atoms with Crippen LogP contribution in [0.1, 0.15) is 28.9 Å². The molecule has 0 aliphatic heterocycles. The fourth-order valence-corrected chi connectivity index (χ4v) is 2.91. The van der Waals surface area contributed by atoms with E-state index in [4.69, 9.17) is 22.9 Å². The lowest BCUT2D eigenvalue weighted by Gasteiger charge is -2.09. The van der Waals surface area contributed by atoms with Crippen LogP contribution in [0, 0.1) is 13.8 Å². The SMILES string of the molecule is Cc1cc2nc(Cc3ccccc3)n(CCC(N)=S)c2cc1C. The van der Waals surface area contributed by atoms with Gasteiger partial charge in [0.25, 0.3) is 0 Å². The molecule has 0 unspecified atom stereocenters. The van der Waals surface area contributed by atoms with Gasteiger partial charge in [0, 0.05) is 19.4 Å². The number of aromatic nitrogens is 2. The van der Waals surface area contributed by atoms with E-state index in [1.165, 1.54) is 16.7 Å². The number of hydrogen-bond acceptors (Lipinski definition) is 2. The van der Waals surface area contributed by atoms with E-state index in [0.29, 0.717) is 11.4 Å². The third kappa shape index (κ3) is 3.42. The number of benzene rings is 2. The van der Waals surface area contributed by atoms with Gasteiger partial charge in [-0.15, -0.1) is 0 Å². The summed E-state index contributed by atoms with van der Waals surface area (Å²) >= 11 is 5.05. The van der Waals surface area contributed by atoms with Crippen molar-refractivity contribution in [2.45, 2.75) is 33.2 Å². The number of thiocarbonyl (C=S) groups is 1. The van der Waals surface area contributed by atoms with Gasteiger partial charge in [0.05, 0.1) is 16.0 Å². The lowest BCUT2D eigenvalue weighted by molar-refractivity contribution is 0.704. The first-order valence-corrected chi connectivity index (χ1v) is 8.24. The molecule has 23 heavy (non-hydrogen) atoms. The van der Waals surface area contributed by atoms with Crippen LogP contribution in [0.15, 0.2) is 42.5 Å². The molecule has 0 aliphatic carbocycles. The highest BCUT2D eigenvalue weighted by Gasteiger charge is 2.12. The monoisotopic (exact) mass is 323 g/mol. The number of hydrogen-bond donors (Lipinski definition) is 1. The van der Waals surface area contributed by atoms with Crippen LogP contribution in [-0.4, -0.2) is 14.5 Å². The Bertz CT molecular complexity index is 850. The summed E-state index contributed by atoms with van der Waals surface area (Å²) in [5.41, 5.74) is 11.7. The van der Waals surface area contributed by atoms with E-state index in [2.05, 4.69) is 54.8 Å². The van der Waals surface area contributed by atoms with Crippen molar-refractivity contribution in [1.29, 1.82) is 0 Å². The summed E-state index contributed by atoms with van der Waals surface area (Å²) in [6.45, 7) is 5.03. The molecule has 0 bridgehead atoms. The number of imidazole rings is 1. The van der Waals surface area contributed by atoms with Gasteiger partial charge < -0.3 is 10.3 Å². The summed E-state index contributed by atoms with van der Waals surface area (Å²) in [6.07, 6.45) is 1.50. The Morgan fingerprint density at radius 3 is 2.52 bits per heavy atom. The van der Waals surface area contributed by atoms with Gasteiger partial charge >= 0.3 is 0 Å². The summed E-state index contributed by atoms with van der Waals surface area (Å²) in [7, 11) is 0. The van der Waals surface area contributed by atoms with Crippen molar-refractivity contribution in [3.05, 3.63) is 65.0 Å². The van der Waals surface area contributed by atoms with E-state index >= 15 is 0 Å². The van der Waals surface area contributed by atoms with Crippen LogP contribution in [0.2, 0.25) is 0 Å². The molecule has 0 atom stereocenters. The molecule has 3 rings (SSSR count). The van der Waals surface area contributed by atoms with Gasteiger partial charge in [0.15, 0.2) is 0 Å². The second-order valence-electron chi connectivity index (χ2n) is 5.98. The Labute approximate surface area is 142 Å². The first-order valence-electron chi connectivity index (χ1n) is 7.83. The van der Waals surface area contributed by atoms with Crippen LogP contribution in [0.5, 0.6) is 0 Å². The number of aryl methyl sites for hydroxylation is 3. The van der Waals surface area contributed by atoms with Crippen LogP contribution < -0.4 is 5.73 Å². The molecule has 2 aromatic carbocycles. The van der Waals surface area contributed by atoms with Crippen LogP contribution in [-0.2, 0) is 13.0 Å². The smallest absolute Gasteiger partial charge is 0.114 e. The van der Waals surface area contributed by atoms with Gasteiger partial charge in [0.1, 0.15) is 5.82 Å². The molecule has 3 aromatic rings. The zero-order valence-corrected chi connectivity index (χ0v) is 14.4. The maximum absolute atomic E-state index is 5.71. The molecule has 3 nitrogen and oxygen atoms in total. The molecular weight excluding hydrogens is 302 g/mol. The Morgan fingerprint density at radius 1 is 1.13 bits per heavy atom. The van der Waals surface area contributed by atoms with Gasteiger partial charge in [0.2, 0.25) is 0 Å². The molecule has 0 saturated heterocycles. The van der Waals surface area contributed by atoms with E-state index in [0.717, 1.165) is 29.8 Å². The Balaban J connectivity index is 2.07. The minimum Gasteiger partial charge on any atom is -0.393 e. The van der Waals surface area contributed by atoms with Gasteiger partial charge in [-0.1, -0.05) is 42.5 Å². The first-order chi connectivity index (χ1) is 11.0. The Morgan fingerprint density at radius 2 is 1.83 bits per heavy atom. The predicted octanol–water partition coefficient (Wildman–Crippen LogP) is 3.92. The number of fused-ring (bicyclic) bond motifs is 1. The molecule has 2 N–H and O–H groups in total. The molecule has 0 aliphatic rings. The Kier molecular flexibility index (Phi) is 4.44. The van der Waals surface area contributed by atoms with Crippen molar-refractivity contribution in [2.24, 2.45) is 5.73 Å². The average Bonchev–Trinajstić information content (AvgIpc) is 2.83. The zero-order valence-electron chi connectivity index (χ0n) is 13.5. The van der Waals surface area contributed by atoms with Crippen molar-refractivity contribution < 1.29 is 0 Å². The van der Waals surface area contributed by atoms with E-state index in [1.54, 1.807) is 0 Å². The summed E-state index contributed by atoms with van der Waals surface area (Å²) < 4.78 is 2.26. The quantitative estimate of drug-likeness (QED) is 0.724. The Hall–Kier alpha value is -2.20. The van der Waals surface area contributed by atoms with E-state index in [9.17, 15) is 0 Å². The van der Waals surface area contributed by atoms with Gasteiger partial charge in [-0.25, -0.2) is 4.98 Å². The average molecular weight is 323 g/mol. The predicted molar refractivity (Wildman–Crippen MR) is 99.9 cm³/mol. The lowest BCUT2D eigenvalue weighted by atomic mass is 10.1. The molecule has 118 valence electrons. The highest BCUT2D eigenvalue weighted by atomic mass is 32.1. The minimum atomic E-state index is 0.543. The summed E-state index contributed by atoms with van der Waals surface area (Å²) in [6, 6.07) is 14.8. The maximum atomic E-state index is 5.71.